The molecule has 31 heavy (non-hydrogen) atoms. The number of hydrogen-bond donors (Lipinski definition) is 2. The van der Waals surface area contributed by atoms with E-state index >= 15 is 0 Å². The zero-order valence-corrected chi connectivity index (χ0v) is 17.4. The lowest BCUT2D eigenvalue weighted by Crippen LogP contribution is -2.58. The maximum Gasteiger partial charge on any atom is 0.409 e. The smallest absolute Gasteiger partial charge is 0.344 e. The van der Waals surface area contributed by atoms with Gasteiger partial charge in [-0.15, -0.1) is 6.58 Å². The molecule has 0 spiro atoms. The first-order chi connectivity index (χ1) is 14.6. The molecule has 1 fully saturated rings. The molecule has 4 nitrogen and oxygen atoms in total. The van der Waals surface area contributed by atoms with E-state index in [1.807, 2.05) is 67.7 Å². The SMILES string of the molecule is C=CC1CC(C(=O)NC(c2ccc(C)cc2)c2ccc(C)cc2)C(=O)NC1C(F)(F)F. The van der Waals surface area contributed by atoms with Crippen LogP contribution >= 0.6 is 0 Å². The summed E-state index contributed by atoms with van der Waals surface area (Å²) in [6, 6.07) is 12.6. The Morgan fingerprint density at radius 3 is 1.97 bits per heavy atom. The van der Waals surface area contributed by atoms with Gasteiger partial charge in [-0.25, -0.2) is 0 Å². The maximum absolute atomic E-state index is 13.2. The van der Waals surface area contributed by atoms with Crippen molar-refractivity contribution >= 4 is 11.8 Å². The summed E-state index contributed by atoms with van der Waals surface area (Å²) in [5.74, 6) is -3.86. The van der Waals surface area contributed by atoms with Crippen LogP contribution in [0.25, 0.3) is 0 Å². The number of alkyl halides is 3. The minimum absolute atomic E-state index is 0.250. The lowest BCUT2D eigenvalue weighted by Gasteiger charge is -2.35. The van der Waals surface area contributed by atoms with Crippen molar-refractivity contribution in [3.63, 3.8) is 0 Å². The van der Waals surface area contributed by atoms with Gasteiger partial charge in [-0.1, -0.05) is 65.7 Å². The lowest BCUT2D eigenvalue weighted by atomic mass is 9.83. The molecule has 2 aromatic carbocycles. The van der Waals surface area contributed by atoms with Crippen LogP contribution in [0.15, 0.2) is 61.2 Å². The Morgan fingerprint density at radius 1 is 1.06 bits per heavy atom. The average molecular weight is 430 g/mol. The average Bonchev–Trinajstić information content (AvgIpc) is 2.72. The number of hydrogen-bond acceptors (Lipinski definition) is 2. The fourth-order valence-corrected chi connectivity index (χ4v) is 3.78. The summed E-state index contributed by atoms with van der Waals surface area (Å²) in [5, 5.41) is 4.83. The van der Waals surface area contributed by atoms with Gasteiger partial charge in [0, 0.05) is 5.92 Å². The Labute approximate surface area is 179 Å². The zero-order valence-electron chi connectivity index (χ0n) is 17.4. The molecule has 3 unspecified atom stereocenters. The molecule has 2 aromatic rings. The van der Waals surface area contributed by atoms with Crippen LogP contribution in [-0.4, -0.2) is 24.0 Å². The Morgan fingerprint density at radius 2 is 1.55 bits per heavy atom. The van der Waals surface area contributed by atoms with Crippen LogP contribution in [0.1, 0.15) is 34.7 Å². The first kappa shape index (κ1) is 22.6. The molecule has 0 radical (unpaired) electrons. The predicted molar refractivity (Wildman–Crippen MR) is 112 cm³/mol. The van der Waals surface area contributed by atoms with Gasteiger partial charge in [-0.05, 0) is 31.4 Å². The van der Waals surface area contributed by atoms with Crippen molar-refractivity contribution in [2.75, 3.05) is 0 Å². The molecule has 1 aliphatic rings. The quantitative estimate of drug-likeness (QED) is 0.547. The fourth-order valence-electron chi connectivity index (χ4n) is 3.78. The molecular formula is C24H25F3N2O2. The molecule has 0 aromatic heterocycles. The van der Waals surface area contributed by atoms with E-state index in [4.69, 9.17) is 0 Å². The molecule has 164 valence electrons. The summed E-state index contributed by atoms with van der Waals surface area (Å²) in [6.45, 7) is 7.35. The van der Waals surface area contributed by atoms with Crippen molar-refractivity contribution in [3.05, 3.63) is 83.4 Å². The summed E-state index contributed by atoms with van der Waals surface area (Å²) in [5.41, 5.74) is 3.73. The molecule has 2 amide bonds. The van der Waals surface area contributed by atoms with Gasteiger partial charge in [0.2, 0.25) is 11.8 Å². The van der Waals surface area contributed by atoms with Crippen molar-refractivity contribution in [1.29, 1.82) is 0 Å². The molecule has 1 saturated heterocycles. The molecule has 1 heterocycles. The maximum atomic E-state index is 13.2. The zero-order chi connectivity index (χ0) is 22.8. The van der Waals surface area contributed by atoms with Gasteiger partial charge >= 0.3 is 6.18 Å². The predicted octanol–water partition coefficient (Wildman–Crippen LogP) is 4.38. The number of benzene rings is 2. The normalized spacial score (nSPS) is 21.5. The second-order valence-electron chi connectivity index (χ2n) is 7.98. The van der Waals surface area contributed by atoms with Gasteiger partial charge in [-0.3, -0.25) is 9.59 Å². The number of rotatable bonds is 5. The summed E-state index contributed by atoms with van der Waals surface area (Å²) >= 11 is 0. The molecule has 0 aliphatic carbocycles. The highest BCUT2D eigenvalue weighted by Gasteiger charge is 2.50. The third-order valence-corrected chi connectivity index (χ3v) is 5.63. The monoisotopic (exact) mass is 430 g/mol. The Kier molecular flexibility index (Phi) is 6.53. The molecule has 3 atom stereocenters. The highest BCUT2D eigenvalue weighted by molar-refractivity contribution is 6.01. The third-order valence-electron chi connectivity index (χ3n) is 5.63. The van der Waals surface area contributed by atoms with E-state index in [9.17, 15) is 22.8 Å². The van der Waals surface area contributed by atoms with E-state index in [0.717, 1.165) is 28.3 Å². The third kappa shape index (κ3) is 5.16. The van der Waals surface area contributed by atoms with E-state index in [-0.39, 0.29) is 6.42 Å². The molecular weight excluding hydrogens is 405 g/mol. The highest BCUT2D eigenvalue weighted by atomic mass is 19.4. The molecule has 0 saturated carbocycles. The molecule has 2 N–H and O–H groups in total. The summed E-state index contributed by atoms with van der Waals surface area (Å²) < 4.78 is 39.7. The number of carbonyl (C=O) groups is 2. The fraction of sp³-hybridized carbons (Fsp3) is 0.333. The van der Waals surface area contributed by atoms with Crippen LogP contribution in [0.4, 0.5) is 13.2 Å². The lowest BCUT2D eigenvalue weighted by molar-refractivity contribution is -0.178. The van der Waals surface area contributed by atoms with E-state index < -0.39 is 41.9 Å². The minimum atomic E-state index is -4.61. The number of nitrogens with one attached hydrogen (secondary N) is 2. The van der Waals surface area contributed by atoms with Gasteiger partial charge in [0.1, 0.15) is 12.0 Å². The Bertz CT molecular complexity index is 907. The van der Waals surface area contributed by atoms with Gasteiger partial charge in [0.15, 0.2) is 0 Å². The van der Waals surface area contributed by atoms with Crippen LogP contribution < -0.4 is 10.6 Å². The second-order valence-corrected chi connectivity index (χ2v) is 7.98. The van der Waals surface area contributed by atoms with Crippen molar-refractivity contribution in [2.24, 2.45) is 11.8 Å². The van der Waals surface area contributed by atoms with E-state index in [1.54, 1.807) is 0 Å². The summed E-state index contributed by atoms with van der Waals surface area (Å²) in [7, 11) is 0. The summed E-state index contributed by atoms with van der Waals surface area (Å²) in [6.07, 6.45) is -3.71. The van der Waals surface area contributed by atoms with Crippen LogP contribution in [-0.2, 0) is 9.59 Å². The van der Waals surface area contributed by atoms with Crippen molar-refractivity contribution < 1.29 is 22.8 Å². The van der Waals surface area contributed by atoms with Crippen LogP contribution in [0.5, 0.6) is 0 Å². The number of piperidine rings is 1. The van der Waals surface area contributed by atoms with Crippen LogP contribution in [0.3, 0.4) is 0 Å². The van der Waals surface area contributed by atoms with Gasteiger partial charge in [0.05, 0.1) is 6.04 Å². The summed E-state index contributed by atoms with van der Waals surface area (Å²) in [4.78, 5) is 25.4. The van der Waals surface area contributed by atoms with Gasteiger partial charge < -0.3 is 10.6 Å². The Balaban J connectivity index is 1.86. The van der Waals surface area contributed by atoms with Crippen molar-refractivity contribution in [1.82, 2.24) is 10.6 Å². The largest absolute Gasteiger partial charge is 0.409 e. The van der Waals surface area contributed by atoms with Crippen LogP contribution in [0, 0.1) is 25.7 Å². The van der Waals surface area contributed by atoms with Gasteiger partial charge in [0.25, 0.3) is 0 Å². The minimum Gasteiger partial charge on any atom is -0.344 e. The van der Waals surface area contributed by atoms with E-state index in [0.29, 0.717) is 0 Å². The first-order valence-electron chi connectivity index (χ1n) is 10.0. The van der Waals surface area contributed by atoms with Gasteiger partial charge in [-0.2, -0.15) is 13.2 Å². The number of halogens is 3. The van der Waals surface area contributed by atoms with E-state index in [2.05, 4.69) is 11.9 Å². The topological polar surface area (TPSA) is 58.2 Å². The molecule has 7 heteroatoms. The number of aryl methyl sites for hydroxylation is 2. The highest BCUT2D eigenvalue weighted by Crippen LogP contribution is 2.34. The molecule has 3 rings (SSSR count). The molecule has 1 aliphatic heterocycles. The number of carbonyl (C=O) groups excluding carboxylic acids is 2. The van der Waals surface area contributed by atoms with Crippen LogP contribution in [0.2, 0.25) is 0 Å². The second kappa shape index (κ2) is 8.96. The number of amides is 2. The standard InChI is InChI=1S/C24H25F3N2O2/c1-4-16-13-19(23(31)29-21(16)24(25,26)27)22(30)28-20(17-9-5-14(2)6-10-17)18-11-7-15(3)8-12-18/h4-12,16,19-21H,1,13H2,2-3H3,(H,28,30)(H,29,31). The molecule has 0 bridgehead atoms. The van der Waals surface area contributed by atoms with Crippen molar-refractivity contribution in [2.45, 2.75) is 38.5 Å². The van der Waals surface area contributed by atoms with Crippen molar-refractivity contribution in [3.8, 4) is 0 Å². The Hall–Kier alpha value is -3.09. The van der Waals surface area contributed by atoms with E-state index in [1.165, 1.54) is 0 Å². The first-order valence-corrected chi connectivity index (χ1v) is 10.0.